The van der Waals surface area contributed by atoms with E-state index in [1.54, 1.807) is 18.5 Å². The molecule has 0 spiro atoms. The van der Waals surface area contributed by atoms with Gasteiger partial charge in [-0.2, -0.15) is 0 Å². The van der Waals surface area contributed by atoms with Crippen molar-refractivity contribution in [1.29, 1.82) is 5.41 Å². The summed E-state index contributed by atoms with van der Waals surface area (Å²) >= 11 is 5.97. The minimum atomic E-state index is 0.321. The van der Waals surface area contributed by atoms with Crippen molar-refractivity contribution in [2.45, 2.75) is 19.4 Å². The van der Waals surface area contributed by atoms with Crippen molar-refractivity contribution in [3.05, 3.63) is 47.9 Å². The van der Waals surface area contributed by atoms with Gasteiger partial charge in [0.15, 0.2) is 0 Å². The predicted octanol–water partition coefficient (Wildman–Crippen LogP) is 3.03. The topological polar surface area (TPSA) is 70.4 Å². The van der Waals surface area contributed by atoms with Crippen molar-refractivity contribution in [1.82, 2.24) is 10.3 Å². The molecule has 114 valence electrons. The van der Waals surface area contributed by atoms with Crippen LogP contribution in [0.15, 0.2) is 47.4 Å². The third-order valence-corrected chi connectivity index (χ3v) is 3.76. The molecule has 0 amide bonds. The summed E-state index contributed by atoms with van der Waals surface area (Å²) < 4.78 is 5.60. The molecule has 1 aromatic rings. The second-order valence-electron chi connectivity index (χ2n) is 5.35. The molecule has 0 unspecified atom stereocenters. The lowest BCUT2D eigenvalue weighted by Crippen LogP contribution is -2.14. The van der Waals surface area contributed by atoms with E-state index in [4.69, 9.17) is 21.7 Å². The summed E-state index contributed by atoms with van der Waals surface area (Å²) in [6.07, 6.45) is 9.16. The van der Waals surface area contributed by atoms with Gasteiger partial charge >= 0.3 is 0 Å². The Morgan fingerprint density at radius 3 is 2.95 bits per heavy atom. The normalized spacial score (nSPS) is 19.2. The highest BCUT2D eigenvalue weighted by Crippen LogP contribution is 2.29. The van der Waals surface area contributed by atoms with Gasteiger partial charge < -0.3 is 15.5 Å². The molecule has 1 fully saturated rings. The van der Waals surface area contributed by atoms with Crippen molar-refractivity contribution >= 4 is 22.5 Å². The Morgan fingerprint density at radius 1 is 1.41 bits per heavy atom. The van der Waals surface area contributed by atoms with E-state index in [0.29, 0.717) is 28.9 Å². The molecule has 2 N–H and O–H groups in total. The molecule has 5 nitrogen and oxygen atoms in total. The lowest BCUT2D eigenvalue weighted by molar-refractivity contribution is 0.288. The third kappa shape index (κ3) is 3.95. The van der Waals surface area contributed by atoms with Crippen LogP contribution in [0, 0.1) is 11.3 Å². The summed E-state index contributed by atoms with van der Waals surface area (Å²) in [6.45, 7) is 1.37. The van der Waals surface area contributed by atoms with Crippen LogP contribution in [0.3, 0.4) is 0 Å². The van der Waals surface area contributed by atoms with Gasteiger partial charge in [0.05, 0.1) is 17.9 Å². The number of hydrogen-bond acceptors (Lipinski definition) is 5. The van der Waals surface area contributed by atoms with E-state index in [1.807, 2.05) is 12.1 Å². The molecule has 0 radical (unpaired) electrons. The van der Waals surface area contributed by atoms with Crippen molar-refractivity contribution in [3.63, 3.8) is 0 Å². The van der Waals surface area contributed by atoms with Gasteiger partial charge in [0.25, 0.3) is 0 Å². The molecule has 1 saturated carbocycles. The zero-order valence-electron chi connectivity index (χ0n) is 12.1. The van der Waals surface area contributed by atoms with Crippen LogP contribution in [0.5, 0.6) is 5.88 Å². The molecular weight excluding hydrogens is 300 g/mol. The molecule has 6 heteroatoms. The van der Waals surface area contributed by atoms with E-state index in [9.17, 15) is 0 Å². The maximum atomic E-state index is 7.78. The smallest absolute Gasteiger partial charge is 0.213 e. The molecule has 1 aliphatic heterocycles. The summed E-state index contributed by atoms with van der Waals surface area (Å²) in [5.74, 6) is 1.39. The summed E-state index contributed by atoms with van der Waals surface area (Å²) in [5, 5.41) is 11.2. The molecule has 1 aromatic heterocycles. The Hall–Kier alpha value is -2.14. The fraction of sp³-hybridized carbons (Fsp3) is 0.312. The molecule has 0 saturated heterocycles. The molecule has 0 bridgehead atoms. The summed E-state index contributed by atoms with van der Waals surface area (Å²) in [6, 6.07) is 3.86. The van der Waals surface area contributed by atoms with E-state index < -0.39 is 0 Å². The highest BCUT2D eigenvalue weighted by molar-refractivity contribution is 6.73. The average molecular weight is 317 g/mol. The van der Waals surface area contributed by atoms with Crippen LogP contribution < -0.4 is 10.1 Å². The maximum Gasteiger partial charge on any atom is 0.213 e. The number of nitrogens with zero attached hydrogens (tertiary/aromatic N) is 2. The molecule has 3 rings (SSSR count). The van der Waals surface area contributed by atoms with E-state index in [0.717, 1.165) is 18.1 Å². The second-order valence-corrected chi connectivity index (χ2v) is 5.71. The fourth-order valence-electron chi connectivity index (χ4n) is 1.94. The van der Waals surface area contributed by atoms with Gasteiger partial charge in [0.1, 0.15) is 5.17 Å². The van der Waals surface area contributed by atoms with Gasteiger partial charge in [-0.3, -0.25) is 0 Å². The van der Waals surface area contributed by atoms with E-state index in [-0.39, 0.29) is 0 Å². The average Bonchev–Trinajstić information content (AvgIpc) is 3.34. The minimum Gasteiger partial charge on any atom is -0.477 e. The van der Waals surface area contributed by atoms with Crippen molar-refractivity contribution in [2.24, 2.45) is 10.9 Å². The van der Waals surface area contributed by atoms with Crippen LogP contribution in [-0.4, -0.2) is 22.5 Å². The highest BCUT2D eigenvalue weighted by atomic mass is 35.5. The molecule has 1 aliphatic carbocycles. The molecular formula is C16H17ClN4O. The first-order valence-corrected chi connectivity index (χ1v) is 7.60. The lowest BCUT2D eigenvalue weighted by atomic mass is 10.1. The number of nitrogens with one attached hydrogen (secondary N) is 2. The van der Waals surface area contributed by atoms with Crippen molar-refractivity contribution in [2.75, 3.05) is 6.61 Å². The number of aromatic nitrogens is 1. The molecule has 22 heavy (non-hydrogen) atoms. The highest BCUT2D eigenvalue weighted by Gasteiger charge is 2.22. The first kappa shape index (κ1) is 14.8. The number of rotatable bonds is 6. The number of halogens is 1. The minimum absolute atomic E-state index is 0.321. The van der Waals surface area contributed by atoms with Crippen LogP contribution in [0.4, 0.5) is 0 Å². The largest absolute Gasteiger partial charge is 0.477 e. The monoisotopic (exact) mass is 316 g/mol. The zero-order chi connectivity index (χ0) is 15.4. The standard InChI is InChI=1S/C16H17ClN4O/c17-16-13(14(18)5-6-20-16)9-19-7-12-3-4-15(21-8-12)22-10-11-1-2-11/h3-6,8-9,11,18-19H,1-2,7,10H2/b13-9+,18-14?. The van der Waals surface area contributed by atoms with Gasteiger partial charge in [-0.1, -0.05) is 17.7 Å². The Balaban J connectivity index is 1.51. The Labute approximate surface area is 134 Å². The lowest BCUT2D eigenvalue weighted by Gasteiger charge is -2.09. The Kier molecular flexibility index (Phi) is 4.53. The van der Waals surface area contributed by atoms with Crippen molar-refractivity contribution < 1.29 is 4.74 Å². The van der Waals surface area contributed by atoms with Crippen LogP contribution in [-0.2, 0) is 6.54 Å². The van der Waals surface area contributed by atoms with Gasteiger partial charge in [-0.05, 0) is 30.4 Å². The SMILES string of the molecule is N=C1C=CN=C(Cl)/C1=C/NCc1ccc(OCC2CC2)nc1. The molecule has 0 atom stereocenters. The van der Waals surface area contributed by atoms with Crippen molar-refractivity contribution in [3.8, 4) is 5.88 Å². The maximum absolute atomic E-state index is 7.78. The molecule has 2 aliphatic rings. The van der Waals surface area contributed by atoms with E-state index in [1.165, 1.54) is 19.0 Å². The number of aliphatic imine (C=N–C) groups is 1. The van der Waals surface area contributed by atoms with Crippen LogP contribution >= 0.6 is 11.6 Å². The van der Waals surface area contributed by atoms with Crippen LogP contribution in [0.1, 0.15) is 18.4 Å². The number of allylic oxidation sites excluding steroid dienone is 2. The van der Waals surface area contributed by atoms with Gasteiger partial charge in [-0.25, -0.2) is 9.98 Å². The molecule has 2 heterocycles. The van der Waals surface area contributed by atoms with Gasteiger partial charge in [0, 0.05) is 31.2 Å². The second kappa shape index (κ2) is 6.75. The van der Waals surface area contributed by atoms with Gasteiger partial charge in [0.2, 0.25) is 5.88 Å². The third-order valence-electron chi connectivity index (χ3n) is 3.46. The number of pyridine rings is 1. The number of ether oxygens (including phenoxy) is 1. The fourth-order valence-corrected chi connectivity index (χ4v) is 2.16. The Morgan fingerprint density at radius 2 is 2.27 bits per heavy atom. The first-order valence-electron chi connectivity index (χ1n) is 7.23. The summed E-state index contributed by atoms with van der Waals surface area (Å²) in [4.78, 5) is 8.25. The summed E-state index contributed by atoms with van der Waals surface area (Å²) in [5.41, 5.74) is 1.96. The van der Waals surface area contributed by atoms with Crippen LogP contribution in [0.2, 0.25) is 0 Å². The van der Waals surface area contributed by atoms with E-state index in [2.05, 4.69) is 15.3 Å². The summed E-state index contributed by atoms with van der Waals surface area (Å²) in [7, 11) is 0. The quantitative estimate of drug-likeness (QED) is 0.847. The number of hydrogen-bond donors (Lipinski definition) is 2. The molecule has 0 aromatic carbocycles. The Bertz CT molecular complexity index is 645. The van der Waals surface area contributed by atoms with E-state index >= 15 is 0 Å². The van der Waals surface area contributed by atoms with Crippen LogP contribution in [0.25, 0.3) is 0 Å². The predicted molar refractivity (Wildman–Crippen MR) is 87.5 cm³/mol. The zero-order valence-corrected chi connectivity index (χ0v) is 12.8. The first-order chi connectivity index (χ1) is 10.7. The van der Waals surface area contributed by atoms with Gasteiger partial charge in [-0.15, -0.1) is 0 Å².